The molecule has 0 spiro atoms. The van der Waals surface area contributed by atoms with Crippen molar-refractivity contribution in [3.05, 3.63) is 35.9 Å². The monoisotopic (exact) mass is 281 g/mol. The molecule has 1 rings (SSSR count). The lowest BCUT2D eigenvalue weighted by atomic mass is 9.98. The lowest BCUT2D eigenvalue weighted by molar-refractivity contribution is -0.149. The first-order valence-corrected chi connectivity index (χ1v) is 7.62. The summed E-state index contributed by atoms with van der Waals surface area (Å²) >= 11 is 1.80. The molecule has 2 unspecified atom stereocenters. The predicted molar refractivity (Wildman–Crippen MR) is 81.0 cm³/mol. The molecule has 19 heavy (non-hydrogen) atoms. The van der Waals surface area contributed by atoms with E-state index in [1.54, 1.807) is 25.6 Å². The van der Waals surface area contributed by atoms with Gasteiger partial charge in [-0.15, -0.1) is 0 Å². The van der Waals surface area contributed by atoms with Crippen LogP contribution in [0, 0.1) is 0 Å². The van der Waals surface area contributed by atoms with Crippen LogP contribution in [0.4, 0.5) is 0 Å². The largest absolute Gasteiger partial charge is 0.465 e. The minimum absolute atomic E-state index is 0.305. The molecule has 0 aliphatic carbocycles. The van der Waals surface area contributed by atoms with Gasteiger partial charge in [-0.1, -0.05) is 37.3 Å². The first-order valence-electron chi connectivity index (χ1n) is 6.57. The first-order chi connectivity index (χ1) is 8.95. The van der Waals surface area contributed by atoms with E-state index in [0.717, 1.165) is 5.75 Å². The second-order valence-electron chi connectivity index (χ2n) is 4.95. The number of ether oxygens (including phenoxy) is 1. The number of esters is 1. The summed E-state index contributed by atoms with van der Waals surface area (Å²) in [4.78, 5) is 11.7. The van der Waals surface area contributed by atoms with Crippen LogP contribution < -0.4 is 5.73 Å². The lowest BCUT2D eigenvalue weighted by Gasteiger charge is -2.25. The van der Waals surface area contributed by atoms with Gasteiger partial charge in [-0.05, 0) is 25.8 Å². The summed E-state index contributed by atoms with van der Waals surface area (Å²) in [7, 11) is 0. The molecule has 0 heterocycles. The van der Waals surface area contributed by atoms with E-state index in [2.05, 4.69) is 19.1 Å². The SMILES string of the molecule is CCOC(=O)C(C)(N)CC(C)SCc1ccccc1. The van der Waals surface area contributed by atoms with Gasteiger partial charge < -0.3 is 10.5 Å². The fourth-order valence-electron chi connectivity index (χ4n) is 1.85. The van der Waals surface area contributed by atoms with Crippen molar-refractivity contribution >= 4 is 17.7 Å². The van der Waals surface area contributed by atoms with E-state index in [0.29, 0.717) is 18.3 Å². The van der Waals surface area contributed by atoms with Crippen LogP contribution in [0.15, 0.2) is 30.3 Å². The van der Waals surface area contributed by atoms with E-state index >= 15 is 0 Å². The molecule has 0 aliphatic heterocycles. The number of rotatable bonds is 7. The van der Waals surface area contributed by atoms with E-state index in [9.17, 15) is 4.79 Å². The number of nitrogens with two attached hydrogens (primary N) is 1. The van der Waals surface area contributed by atoms with Gasteiger partial charge in [0.2, 0.25) is 0 Å². The summed E-state index contributed by atoms with van der Waals surface area (Å²) in [5, 5.41) is 0.305. The molecule has 0 aromatic heterocycles. The minimum Gasteiger partial charge on any atom is -0.465 e. The second-order valence-corrected chi connectivity index (χ2v) is 6.38. The molecular weight excluding hydrogens is 258 g/mol. The zero-order valence-corrected chi connectivity index (χ0v) is 12.7. The highest BCUT2D eigenvalue weighted by Crippen LogP contribution is 2.24. The van der Waals surface area contributed by atoms with Gasteiger partial charge in [0.15, 0.2) is 0 Å². The summed E-state index contributed by atoms with van der Waals surface area (Å²) in [5.74, 6) is 0.614. The van der Waals surface area contributed by atoms with Gasteiger partial charge in [0, 0.05) is 11.0 Å². The van der Waals surface area contributed by atoms with Crippen LogP contribution in [0.2, 0.25) is 0 Å². The number of carbonyl (C=O) groups excluding carboxylic acids is 1. The Morgan fingerprint density at radius 1 is 1.42 bits per heavy atom. The van der Waals surface area contributed by atoms with Crippen molar-refractivity contribution in [2.45, 2.75) is 43.7 Å². The zero-order chi connectivity index (χ0) is 14.3. The molecule has 1 aromatic carbocycles. The Hall–Kier alpha value is -1.00. The van der Waals surface area contributed by atoms with Crippen molar-refractivity contribution < 1.29 is 9.53 Å². The summed E-state index contributed by atoms with van der Waals surface area (Å²) in [5.41, 5.74) is 6.41. The van der Waals surface area contributed by atoms with E-state index in [-0.39, 0.29) is 5.97 Å². The van der Waals surface area contributed by atoms with Gasteiger partial charge in [-0.2, -0.15) is 11.8 Å². The second kappa shape index (κ2) is 7.56. The van der Waals surface area contributed by atoms with Crippen molar-refractivity contribution in [1.29, 1.82) is 0 Å². The van der Waals surface area contributed by atoms with E-state index < -0.39 is 5.54 Å². The Morgan fingerprint density at radius 3 is 2.63 bits per heavy atom. The van der Waals surface area contributed by atoms with Crippen molar-refractivity contribution in [2.24, 2.45) is 5.73 Å². The van der Waals surface area contributed by atoms with Gasteiger partial charge in [-0.3, -0.25) is 4.79 Å². The number of hydrogen-bond acceptors (Lipinski definition) is 4. The molecular formula is C15H23NO2S. The fourth-order valence-corrected chi connectivity index (χ4v) is 2.98. The molecule has 0 saturated carbocycles. The average molecular weight is 281 g/mol. The number of hydrogen-bond donors (Lipinski definition) is 1. The highest BCUT2D eigenvalue weighted by atomic mass is 32.2. The van der Waals surface area contributed by atoms with Crippen LogP contribution in [0.3, 0.4) is 0 Å². The van der Waals surface area contributed by atoms with E-state index in [1.807, 2.05) is 18.2 Å². The van der Waals surface area contributed by atoms with Crippen LogP contribution >= 0.6 is 11.8 Å². The van der Waals surface area contributed by atoms with Crippen molar-refractivity contribution in [3.63, 3.8) is 0 Å². The number of benzene rings is 1. The van der Waals surface area contributed by atoms with E-state index in [1.165, 1.54) is 5.56 Å². The van der Waals surface area contributed by atoms with Gasteiger partial charge in [0.05, 0.1) is 6.61 Å². The number of thioether (sulfide) groups is 1. The maximum absolute atomic E-state index is 11.7. The molecule has 0 amide bonds. The highest BCUT2D eigenvalue weighted by molar-refractivity contribution is 7.99. The average Bonchev–Trinajstić information content (AvgIpc) is 2.37. The van der Waals surface area contributed by atoms with Crippen LogP contribution in [0.25, 0.3) is 0 Å². The molecule has 0 fully saturated rings. The zero-order valence-electron chi connectivity index (χ0n) is 11.9. The Kier molecular flexibility index (Phi) is 6.38. The van der Waals surface area contributed by atoms with Crippen LogP contribution in [0.1, 0.15) is 32.8 Å². The third kappa shape index (κ3) is 5.66. The Labute approximate surface area is 119 Å². The summed E-state index contributed by atoms with van der Waals surface area (Å²) in [6, 6.07) is 10.3. The molecule has 2 N–H and O–H groups in total. The summed E-state index contributed by atoms with van der Waals surface area (Å²) < 4.78 is 5.00. The van der Waals surface area contributed by atoms with Gasteiger partial charge in [0.25, 0.3) is 0 Å². The number of carbonyl (C=O) groups is 1. The molecule has 0 aliphatic rings. The van der Waals surface area contributed by atoms with Crippen LogP contribution in [-0.2, 0) is 15.3 Å². The lowest BCUT2D eigenvalue weighted by Crippen LogP contribution is -2.47. The molecule has 0 radical (unpaired) electrons. The summed E-state index contributed by atoms with van der Waals surface area (Å²) in [6.07, 6.45) is 0.614. The standard InChI is InChI=1S/C15H23NO2S/c1-4-18-14(17)15(3,16)10-12(2)19-11-13-8-6-5-7-9-13/h5-9,12H,4,10-11,16H2,1-3H3. The maximum Gasteiger partial charge on any atom is 0.325 e. The van der Waals surface area contributed by atoms with Crippen LogP contribution in [0.5, 0.6) is 0 Å². The van der Waals surface area contributed by atoms with Crippen LogP contribution in [-0.4, -0.2) is 23.4 Å². The Morgan fingerprint density at radius 2 is 2.05 bits per heavy atom. The quantitative estimate of drug-likeness (QED) is 0.781. The van der Waals surface area contributed by atoms with Gasteiger partial charge >= 0.3 is 5.97 Å². The fraction of sp³-hybridized carbons (Fsp3) is 0.533. The maximum atomic E-state index is 11.7. The predicted octanol–water partition coefficient (Wildman–Crippen LogP) is 2.98. The molecule has 4 heteroatoms. The van der Waals surface area contributed by atoms with Crippen molar-refractivity contribution in [1.82, 2.24) is 0 Å². The van der Waals surface area contributed by atoms with Crippen molar-refractivity contribution in [2.75, 3.05) is 6.61 Å². The summed E-state index contributed by atoms with van der Waals surface area (Å²) in [6.45, 7) is 6.00. The topological polar surface area (TPSA) is 52.3 Å². The normalized spacial score (nSPS) is 15.6. The molecule has 3 nitrogen and oxygen atoms in total. The van der Waals surface area contributed by atoms with Gasteiger partial charge in [0.1, 0.15) is 5.54 Å². The molecule has 2 atom stereocenters. The van der Waals surface area contributed by atoms with Crippen molar-refractivity contribution in [3.8, 4) is 0 Å². The Bertz CT molecular complexity index is 392. The molecule has 106 valence electrons. The first kappa shape index (κ1) is 16.1. The third-order valence-corrected chi connectivity index (χ3v) is 4.07. The minimum atomic E-state index is -0.904. The Balaban J connectivity index is 2.42. The smallest absolute Gasteiger partial charge is 0.325 e. The van der Waals surface area contributed by atoms with Gasteiger partial charge in [-0.25, -0.2) is 0 Å². The highest BCUT2D eigenvalue weighted by Gasteiger charge is 2.31. The third-order valence-electron chi connectivity index (χ3n) is 2.83. The van der Waals surface area contributed by atoms with E-state index in [4.69, 9.17) is 10.5 Å². The molecule has 0 bridgehead atoms. The molecule has 1 aromatic rings. The molecule has 0 saturated heterocycles.